The largest absolute Gasteiger partial charge is 0.338 e. The molecule has 4 rings (SSSR count). The van der Waals surface area contributed by atoms with Crippen molar-refractivity contribution in [3.05, 3.63) is 65.6 Å². The lowest BCUT2D eigenvalue weighted by molar-refractivity contribution is -0.121. The Morgan fingerprint density at radius 2 is 1.87 bits per heavy atom. The molecule has 30 heavy (non-hydrogen) atoms. The maximum Gasteiger partial charge on any atom is 0.241 e. The first kappa shape index (κ1) is 20.2. The van der Waals surface area contributed by atoms with Gasteiger partial charge >= 0.3 is 0 Å². The fourth-order valence-corrected chi connectivity index (χ4v) is 3.50. The molecule has 0 spiro atoms. The van der Waals surface area contributed by atoms with E-state index in [4.69, 9.17) is 4.52 Å². The topological polar surface area (TPSA) is 71.3 Å². The summed E-state index contributed by atoms with van der Waals surface area (Å²) in [5, 5.41) is 6.72. The van der Waals surface area contributed by atoms with Gasteiger partial charge in [0.25, 0.3) is 0 Å². The third-order valence-corrected chi connectivity index (χ3v) is 5.28. The molecular formula is C22H22F2N4O2. The summed E-state index contributed by atoms with van der Waals surface area (Å²) in [7, 11) is 0. The molecule has 2 heterocycles. The van der Waals surface area contributed by atoms with Gasteiger partial charge in [-0.15, -0.1) is 0 Å². The highest BCUT2D eigenvalue weighted by Gasteiger charge is 2.26. The normalized spacial score (nSPS) is 15.3. The van der Waals surface area contributed by atoms with Crippen LogP contribution in [0.25, 0.3) is 11.4 Å². The van der Waals surface area contributed by atoms with Crippen molar-refractivity contribution in [2.75, 3.05) is 18.4 Å². The van der Waals surface area contributed by atoms with Gasteiger partial charge in [-0.3, -0.25) is 9.69 Å². The van der Waals surface area contributed by atoms with Crippen molar-refractivity contribution in [1.29, 1.82) is 0 Å². The average Bonchev–Trinajstić information content (AvgIpc) is 3.20. The van der Waals surface area contributed by atoms with E-state index >= 15 is 0 Å². The summed E-state index contributed by atoms with van der Waals surface area (Å²) in [4.78, 5) is 19.1. The molecule has 1 amide bonds. The van der Waals surface area contributed by atoms with Crippen LogP contribution in [0, 0.1) is 24.5 Å². The summed E-state index contributed by atoms with van der Waals surface area (Å²) in [6.45, 7) is 3.96. The molecule has 0 atom stereocenters. The Labute approximate surface area is 172 Å². The van der Waals surface area contributed by atoms with E-state index in [1.54, 1.807) is 0 Å². The SMILES string of the molecule is Cc1ccc(-c2noc(CN3CCC(C(=O)Nc4ccc(F)c(F)c4)CC3)n2)cc1. The van der Waals surface area contributed by atoms with Gasteiger partial charge in [0.05, 0.1) is 6.54 Å². The van der Waals surface area contributed by atoms with Gasteiger partial charge < -0.3 is 9.84 Å². The number of likely N-dealkylation sites (tertiary alicyclic amines) is 1. The second-order valence-electron chi connectivity index (χ2n) is 7.55. The Balaban J connectivity index is 1.29. The molecule has 1 aromatic heterocycles. The lowest BCUT2D eigenvalue weighted by Gasteiger charge is -2.30. The molecule has 2 aromatic carbocycles. The molecule has 3 aromatic rings. The van der Waals surface area contributed by atoms with Crippen LogP contribution in [-0.2, 0) is 11.3 Å². The summed E-state index contributed by atoms with van der Waals surface area (Å²) in [6, 6.07) is 11.3. The number of nitrogens with one attached hydrogen (secondary N) is 1. The highest BCUT2D eigenvalue weighted by Crippen LogP contribution is 2.22. The Bertz CT molecular complexity index is 1030. The lowest BCUT2D eigenvalue weighted by Crippen LogP contribution is -2.37. The summed E-state index contributed by atoms with van der Waals surface area (Å²) < 4.78 is 31.7. The highest BCUT2D eigenvalue weighted by molar-refractivity contribution is 5.92. The quantitative estimate of drug-likeness (QED) is 0.681. The van der Waals surface area contributed by atoms with Gasteiger partial charge in [-0.1, -0.05) is 35.0 Å². The van der Waals surface area contributed by atoms with Crippen molar-refractivity contribution in [1.82, 2.24) is 15.0 Å². The van der Waals surface area contributed by atoms with Crippen molar-refractivity contribution in [2.45, 2.75) is 26.3 Å². The number of carbonyl (C=O) groups is 1. The number of rotatable bonds is 5. The Kier molecular flexibility index (Phi) is 5.85. The smallest absolute Gasteiger partial charge is 0.241 e. The van der Waals surface area contributed by atoms with Crippen LogP contribution in [0.4, 0.5) is 14.5 Å². The Hall–Kier alpha value is -3.13. The summed E-state index contributed by atoms with van der Waals surface area (Å²) >= 11 is 0. The van der Waals surface area contributed by atoms with Gasteiger partial charge in [-0.05, 0) is 45.0 Å². The van der Waals surface area contributed by atoms with Crippen LogP contribution in [0.1, 0.15) is 24.3 Å². The van der Waals surface area contributed by atoms with Gasteiger partial charge in [0, 0.05) is 23.2 Å². The average molecular weight is 412 g/mol. The van der Waals surface area contributed by atoms with E-state index in [0.717, 1.165) is 17.7 Å². The fourth-order valence-electron chi connectivity index (χ4n) is 3.50. The zero-order chi connectivity index (χ0) is 21.1. The molecule has 0 radical (unpaired) electrons. The van der Waals surface area contributed by atoms with E-state index in [9.17, 15) is 13.6 Å². The van der Waals surface area contributed by atoms with Crippen LogP contribution in [-0.4, -0.2) is 34.0 Å². The summed E-state index contributed by atoms with van der Waals surface area (Å²) in [6.07, 6.45) is 1.32. The number of piperidine rings is 1. The molecule has 156 valence electrons. The highest BCUT2D eigenvalue weighted by atomic mass is 19.2. The van der Waals surface area contributed by atoms with Gasteiger partial charge in [-0.25, -0.2) is 8.78 Å². The minimum Gasteiger partial charge on any atom is -0.338 e. The first-order valence-electron chi connectivity index (χ1n) is 9.86. The molecule has 0 saturated carbocycles. The number of carbonyl (C=O) groups excluding carboxylic acids is 1. The molecule has 0 unspecified atom stereocenters. The molecule has 1 fully saturated rings. The molecular weight excluding hydrogens is 390 g/mol. The van der Waals surface area contributed by atoms with Crippen molar-refractivity contribution in [2.24, 2.45) is 5.92 Å². The van der Waals surface area contributed by atoms with Crippen molar-refractivity contribution < 1.29 is 18.1 Å². The molecule has 8 heteroatoms. The first-order chi connectivity index (χ1) is 14.5. The van der Waals surface area contributed by atoms with Crippen molar-refractivity contribution in [3.63, 3.8) is 0 Å². The molecule has 1 aliphatic heterocycles. The van der Waals surface area contributed by atoms with Crippen LogP contribution in [0.5, 0.6) is 0 Å². The van der Waals surface area contributed by atoms with Crippen LogP contribution in [0.3, 0.4) is 0 Å². The van der Waals surface area contributed by atoms with Gasteiger partial charge in [0.15, 0.2) is 11.6 Å². The molecule has 6 nitrogen and oxygen atoms in total. The monoisotopic (exact) mass is 412 g/mol. The molecule has 0 bridgehead atoms. The maximum atomic E-state index is 13.3. The minimum absolute atomic E-state index is 0.180. The number of halogens is 2. The van der Waals surface area contributed by atoms with Crippen molar-refractivity contribution in [3.8, 4) is 11.4 Å². The second-order valence-corrected chi connectivity index (χ2v) is 7.55. The van der Waals surface area contributed by atoms with Gasteiger partial charge in [0.2, 0.25) is 17.6 Å². The fraction of sp³-hybridized carbons (Fsp3) is 0.318. The van der Waals surface area contributed by atoms with E-state index in [1.807, 2.05) is 31.2 Å². The summed E-state index contributed by atoms with van der Waals surface area (Å²) in [5.41, 5.74) is 2.33. The van der Waals surface area contributed by atoms with Crippen LogP contribution in [0.2, 0.25) is 0 Å². The van der Waals surface area contributed by atoms with E-state index in [0.29, 0.717) is 44.2 Å². The Morgan fingerprint density at radius 3 is 2.57 bits per heavy atom. The number of hydrogen-bond acceptors (Lipinski definition) is 5. The number of nitrogens with zero attached hydrogens (tertiary/aromatic N) is 3. The number of hydrogen-bond donors (Lipinski definition) is 1. The van der Waals surface area contributed by atoms with Crippen LogP contribution < -0.4 is 5.32 Å². The van der Waals surface area contributed by atoms with Crippen LogP contribution >= 0.6 is 0 Å². The Morgan fingerprint density at radius 1 is 1.13 bits per heavy atom. The van der Waals surface area contributed by atoms with E-state index in [-0.39, 0.29) is 17.5 Å². The third kappa shape index (κ3) is 4.71. The minimum atomic E-state index is -0.979. The zero-order valence-electron chi connectivity index (χ0n) is 16.6. The molecule has 1 N–H and O–H groups in total. The van der Waals surface area contributed by atoms with Crippen molar-refractivity contribution >= 4 is 11.6 Å². The molecule has 1 aliphatic rings. The predicted molar refractivity (Wildman–Crippen MR) is 107 cm³/mol. The van der Waals surface area contributed by atoms with E-state index < -0.39 is 11.6 Å². The van der Waals surface area contributed by atoms with E-state index in [1.165, 1.54) is 11.6 Å². The number of aromatic nitrogens is 2. The number of aryl methyl sites for hydroxylation is 1. The van der Waals surface area contributed by atoms with Gasteiger partial charge in [0.1, 0.15) is 0 Å². The van der Waals surface area contributed by atoms with Crippen LogP contribution in [0.15, 0.2) is 47.0 Å². The zero-order valence-corrected chi connectivity index (χ0v) is 16.6. The first-order valence-corrected chi connectivity index (χ1v) is 9.86. The maximum absolute atomic E-state index is 13.3. The summed E-state index contributed by atoms with van der Waals surface area (Å²) in [5.74, 6) is -1.18. The third-order valence-electron chi connectivity index (χ3n) is 5.28. The van der Waals surface area contributed by atoms with Gasteiger partial charge in [-0.2, -0.15) is 4.98 Å². The number of anilines is 1. The molecule has 1 saturated heterocycles. The standard InChI is InChI=1S/C22H22F2N4O2/c1-14-2-4-15(5-3-14)21-26-20(30-27-21)13-28-10-8-16(9-11-28)22(29)25-17-6-7-18(23)19(24)12-17/h2-7,12,16H,8-11,13H2,1H3,(H,25,29). The number of amides is 1. The lowest BCUT2D eigenvalue weighted by atomic mass is 9.96. The predicted octanol–water partition coefficient (Wildman–Crippen LogP) is 4.17. The number of benzene rings is 2. The van der Waals surface area contributed by atoms with E-state index in [2.05, 4.69) is 20.4 Å². The molecule has 0 aliphatic carbocycles. The second kappa shape index (κ2) is 8.71.